The molecule has 2 aromatic carbocycles. The van der Waals surface area contributed by atoms with E-state index < -0.39 is 10.0 Å². The zero-order valence-corrected chi connectivity index (χ0v) is 17.0. The second-order valence-electron chi connectivity index (χ2n) is 6.18. The molecule has 5 nitrogen and oxygen atoms in total. The maximum absolute atomic E-state index is 12.4. The minimum Gasteiger partial charge on any atom is -0.325 e. The molecule has 0 spiro atoms. The van der Waals surface area contributed by atoms with Crippen molar-refractivity contribution in [3.63, 3.8) is 0 Å². The van der Waals surface area contributed by atoms with Crippen LogP contribution >= 0.6 is 11.8 Å². The Morgan fingerprint density at radius 3 is 2.50 bits per heavy atom. The monoisotopic (exact) mass is 392 g/mol. The van der Waals surface area contributed by atoms with E-state index in [0.29, 0.717) is 5.69 Å². The van der Waals surface area contributed by atoms with Gasteiger partial charge >= 0.3 is 0 Å². The number of thioether (sulfide) groups is 1. The van der Waals surface area contributed by atoms with Gasteiger partial charge in [0.25, 0.3) is 0 Å². The van der Waals surface area contributed by atoms with E-state index in [1.165, 1.54) is 37.4 Å². The van der Waals surface area contributed by atoms with Gasteiger partial charge in [-0.25, -0.2) is 12.7 Å². The summed E-state index contributed by atoms with van der Waals surface area (Å²) >= 11 is 1.55. The molecule has 7 heteroatoms. The van der Waals surface area contributed by atoms with Gasteiger partial charge in [-0.3, -0.25) is 4.79 Å². The van der Waals surface area contributed by atoms with Crippen LogP contribution in [-0.4, -0.2) is 38.0 Å². The van der Waals surface area contributed by atoms with Crippen molar-refractivity contribution in [2.45, 2.75) is 29.7 Å². The van der Waals surface area contributed by atoms with Crippen molar-refractivity contribution in [2.75, 3.05) is 19.4 Å². The Balaban J connectivity index is 2.02. The van der Waals surface area contributed by atoms with Crippen molar-refractivity contribution < 1.29 is 13.2 Å². The predicted octanol–water partition coefficient (Wildman–Crippen LogP) is 3.51. The molecule has 0 aliphatic heterocycles. The summed E-state index contributed by atoms with van der Waals surface area (Å²) in [4.78, 5) is 12.6. The van der Waals surface area contributed by atoms with E-state index in [2.05, 4.69) is 24.4 Å². The Morgan fingerprint density at radius 2 is 1.85 bits per heavy atom. The van der Waals surface area contributed by atoms with Crippen LogP contribution in [0.3, 0.4) is 0 Å². The standard InChI is InChI=1S/C19H24N2O3S2/c1-14-8-5-6-9-16(14)13-25-15(2)19(22)20-17-10-7-11-18(12-17)26(23,24)21(3)4/h5-12,15H,13H2,1-4H3,(H,20,22)/t15-/m0/s1. The quantitative estimate of drug-likeness (QED) is 0.783. The summed E-state index contributed by atoms with van der Waals surface area (Å²) in [6.45, 7) is 3.90. The molecule has 0 saturated heterocycles. The van der Waals surface area contributed by atoms with Crippen molar-refractivity contribution in [3.05, 3.63) is 59.7 Å². The molecule has 26 heavy (non-hydrogen) atoms. The molecule has 0 aliphatic carbocycles. The Hall–Kier alpha value is -1.83. The van der Waals surface area contributed by atoms with E-state index in [0.717, 1.165) is 10.1 Å². The van der Waals surface area contributed by atoms with E-state index in [4.69, 9.17) is 0 Å². The van der Waals surface area contributed by atoms with Gasteiger partial charge < -0.3 is 5.32 Å². The van der Waals surface area contributed by atoms with Crippen LogP contribution in [0.1, 0.15) is 18.1 Å². The molecule has 1 N–H and O–H groups in total. The largest absolute Gasteiger partial charge is 0.325 e. The summed E-state index contributed by atoms with van der Waals surface area (Å²) in [6, 6.07) is 14.4. The molecular weight excluding hydrogens is 368 g/mol. The number of aryl methyl sites for hydroxylation is 1. The van der Waals surface area contributed by atoms with Crippen LogP contribution in [0.15, 0.2) is 53.4 Å². The molecule has 2 aromatic rings. The van der Waals surface area contributed by atoms with Gasteiger partial charge in [-0.1, -0.05) is 30.3 Å². The number of nitrogens with one attached hydrogen (secondary N) is 1. The maximum Gasteiger partial charge on any atom is 0.242 e. The SMILES string of the molecule is Cc1ccccc1CS[C@@H](C)C(=O)Nc1cccc(S(=O)(=O)N(C)C)c1. The Labute approximate surface area is 159 Å². The number of sulfonamides is 1. The number of anilines is 1. The molecule has 0 aromatic heterocycles. The van der Waals surface area contributed by atoms with E-state index in [1.807, 2.05) is 19.1 Å². The van der Waals surface area contributed by atoms with Gasteiger partial charge in [0.1, 0.15) is 0 Å². The molecule has 0 fully saturated rings. The number of nitrogens with zero attached hydrogens (tertiary/aromatic N) is 1. The molecule has 1 amide bonds. The molecule has 1 atom stereocenters. The van der Waals surface area contributed by atoms with Gasteiger partial charge in [-0.2, -0.15) is 0 Å². The fraction of sp³-hybridized carbons (Fsp3) is 0.316. The summed E-state index contributed by atoms with van der Waals surface area (Å²) < 4.78 is 25.6. The lowest BCUT2D eigenvalue weighted by atomic mass is 10.1. The van der Waals surface area contributed by atoms with Gasteiger partial charge in [0.2, 0.25) is 15.9 Å². The van der Waals surface area contributed by atoms with Crippen LogP contribution in [-0.2, 0) is 20.6 Å². The first-order valence-electron chi connectivity index (χ1n) is 8.21. The van der Waals surface area contributed by atoms with Crippen LogP contribution in [0.2, 0.25) is 0 Å². The summed E-state index contributed by atoms with van der Waals surface area (Å²) in [6.07, 6.45) is 0. The summed E-state index contributed by atoms with van der Waals surface area (Å²) in [5.41, 5.74) is 2.88. The van der Waals surface area contributed by atoms with Crippen LogP contribution < -0.4 is 5.32 Å². The smallest absolute Gasteiger partial charge is 0.242 e. The Kier molecular flexibility index (Phi) is 6.86. The number of hydrogen-bond donors (Lipinski definition) is 1. The number of hydrogen-bond acceptors (Lipinski definition) is 4. The van der Waals surface area contributed by atoms with Crippen molar-refractivity contribution in [1.29, 1.82) is 0 Å². The number of carbonyl (C=O) groups excluding carboxylic acids is 1. The first-order chi connectivity index (χ1) is 12.2. The number of benzene rings is 2. The summed E-state index contributed by atoms with van der Waals surface area (Å²) in [5, 5.41) is 2.54. The van der Waals surface area contributed by atoms with Crippen molar-refractivity contribution in [2.24, 2.45) is 0 Å². The van der Waals surface area contributed by atoms with E-state index in [-0.39, 0.29) is 16.1 Å². The zero-order chi connectivity index (χ0) is 19.3. The van der Waals surface area contributed by atoms with Crippen molar-refractivity contribution in [1.82, 2.24) is 4.31 Å². The molecule has 0 radical (unpaired) electrons. The van der Waals surface area contributed by atoms with Crippen LogP contribution in [0.4, 0.5) is 5.69 Å². The van der Waals surface area contributed by atoms with Gasteiger partial charge in [-0.15, -0.1) is 11.8 Å². The van der Waals surface area contributed by atoms with Crippen LogP contribution in [0.25, 0.3) is 0 Å². The summed E-state index contributed by atoms with van der Waals surface area (Å²) in [7, 11) is -0.576. The lowest BCUT2D eigenvalue weighted by molar-refractivity contribution is -0.115. The number of carbonyl (C=O) groups is 1. The number of rotatable bonds is 7. The normalized spacial score (nSPS) is 12.8. The molecule has 0 bridgehead atoms. The van der Waals surface area contributed by atoms with E-state index in [9.17, 15) is 13.2 Å². The first kappa shape index (κ1) is 20.5. The minimum atomic E-state index is -3.53. The van der Waals surface area contributed by atoms with Gasteiger partial charge in [0, 0.05) is 25.5 Å². The predicted molar refractivity (Wildman–Crippen MR) is 108 cm³/mol. The fourth-order valence-corrected chi connectivity index (χ4v) is 4.16. The lowest BCUT2D eigenvalue weighted by Crippen LogP contribution is -2.24. The highest BCUT2D eigenvalue weighted by molar-refractivity contribution is 7.99. The topological polar surface area (TPSA) is 66.5 Å². The molecule has 0 saturated carbocycles. The van der Waals surface area contributed by atoms with Crippen LogP contribution in [0, 0.1) is 6.92 Å². The highest BCUT2D eigenvalue weighted by Gasteiger charge is 2.19. The Bertz CT molecular complexity index is 880. The first-order valence-corrected chi connectivity index (χ1v) is 10.7. The third kappa shape index (κ3) is 5.09. The average Bonchev–Trinajstić information content (AvgIpc) is 2.60. The average molecular weight is 393 g/mol. The fourth-order valence-electron chi connectivity index (χ4n) is 2.25. The van der Waals surface area contributed by atoms with Gasteiger partial charge in [0.15, 0.2) is 0 Å². The molecule has 0 aliphatic rings. The second-order valence-corrected chi connectivity index (χ2v) is 9.67. The highest BCUT2D eigenvalue weighted by atomic mass is 32.2. The molecule has 0 heterocycles. The van der Waals surface area contributed by atoms with E-state index >= 15 is 0 Å². The van der Waals surface area contributed by atoms with E-state index in [1.54, 1.807) is 23.9 Å². The lowest BCUT2D eigenvalue weighted by Gasteiger charge is -2.15. The molecule has 0 unspecified atom stereocenters. The second kappa shape index (κ2) is 8.70. The Morgan fingerprint density at radius 1 is 1.15 bits per heavy atom. The van der Waals surface area contributed by atoms with Gasteiger partial charge in [-0.05, 0) is 43.2 Å². The molecule has 140 valence electrons. The number of amides is 1. The van der Waals surface area contributed by atoms with Crippen LogP contribution in [0.5, 0.6) is 0 Å². The van der Waals surface area contributed by atoms with Crippen molar-refractivity contribution >= 4 is 33.4 Å². The third-order valence-corrected chi connectivity index (χ3v) is 7.00. The minimum absolute atomic E-state index is 0.150. The molecule has 2 rings (SSSR count). The van der Waals surface area contributed by atoms with Gasteiger partial charge in [0.05, 0.1) is 10.1 Å². The van der Waals surface area contributed by atoms with Crippen molar-refractivity contribution in [3.8, 4) is 0 Å². The highest BCUT2D eigenvalue weighted by Crippen LogP contribution is 2.22. The molecular formula is C19H24N2O3S2. The third-order valence-electron chi connectivity index (χ3n) is 4.00. The maximum atomic E-state index is 12.4. The summed E-state index contributed by atoms with van der Waals surface area (Å²) in [5.74, 6) is 0.596. The zero-order valence-electron chi connectivity index (χ0n) is 15.4.